The Morgan fingerprint density at radius 3 is 2.92 bits per heavy atom. The average molecular weight is 380 g/mol. The van der Waals surface area contributed by atoms with Crippen molar-refractivity contribution in [1.82, 2.24) is 9.62 Å². The number of hydrogen-bond donors (Lipinski definition) is 1. The van der Waals surface area contributed by atoms with Crippen molar-refractivity contribution in [3.05, 3.63) is 23.8 Å². The van der Waals surface area contributed by atoms with Gasteiger partial charge in [-0.25, -0.2) is 13.2 Å². The Labute approximate surface area is 153 Å². The maximum absolute atomic E-state index is 13.1. The number of sulfonamides is 1. The molecular formula is C18H24N2O5S. The van der Waals surface area contributed by atoms with E-state index in [0.717, 1.165) is 24.8 Å². The average Bonchev–Trinajstić information content (AvgIpc) is 3.17. The zero-order valence-electron chi connectivity index (χ0n) is 14.8. The SMILES string of the molecule is CCOC(=O)C1Cc2cc(S(=O)(=O)N3CCC4CCC(C3)N4)ccc2O1. The van der Waals surface area contributed by atoms with Gasteiger partial charge < -0.3 is 14.8 Å². The lowest BCUT2D eigenvalue weighted by Gasteiger charge is -2.23. The minimum atomic E-state index is -3.56. The van der Waals surface area contributed by atoms with Gasteiger partial charge in [-0.15, -0.1) is 0 Å². The molecular weight excluding hydrogens is 356 g/mol. The highest BCUT2D eigenvalue weighted by Gasteiger charge is 2.36. The summed E-state index contributed by atoms with van der Waals surface area (Å²) in [7, 11) is -3.56. The minimum absolute atomic E-state index is 0.239. The summed E-state index contributed by atoms with van der Waals surface area (Å²) < 4.78 is 38.4. The van der Waals surface area contributed by atoms with Gasteiger partial charge in [0.2, 0.25) is 10.0 Å². The van der Waals surface area contributed by atoms with Crippen molar-refractivity contribution in [3.8, 4) is 5.75 Å². The van der Waals surface area contributed by atoms with Crippen molar-refractivity contribution in [2.75, 3.05) is 19.7 Å². The second kappa shape index (κ2) is 6.83. The lowest BCUT2D eigenvalue weighted by atomic mass is 10.1. The third-order valence-corrected chi connectivity index (χ3v) is 7.24. The normalized spacial score (nSPS) is 28.3. The predicted octanol–water partition coefficient (Wildman–Crippen LogP) is 1.07. The number of fused-ring (bicyclic) bond motifs is 3. The molecule has 0 aliphatic carbocycles. The molecule has 26 heavy (non-hydrogen) atoms. The standard InChI is InChI=1S/C18H24N2O5S/c1-2-24-18(21)17-10-12-9-15(5-6-16(12)25-17)26(22,23)20-8-7-13-3-4-14(11-20)19-13/h5-6,9,13-14,17,19H,2-4,7-8,10-11H2,1H3. The van der Waals surface area contributed by atoms with Crippen LogP contribution in [-0.4, -0.2) is 56.6 Å². The molecule has 3 unspecified atom stereocenters. The lowest BCUT2D eigenvalue weighted by Crippen LogP contribution is -2.39. The highest BCUT2D eigenvalue weighted by Crippen LogP contribution is 2.33. The largest absolute Gasteiger partial charge is 0.478 e. The van der Waals surface area contributed by atoms with Gasteiger partial charge in [0.25, 0.3) is 0 Å². The van der Waals surface area contributed by atoms with Crippen LogP contribution >= 0.6 is 0 Å². The summed E-state index contributed by atoms with van der Waals surface area (Å²) in [5.41, 5.74) is 0.735. The fourth-order valence-corrected chi connectivity index (χ4v) is 5.58. The molecule has 0 spiro atoms. The lowest BCUT2D eigenvalue weighted by molar-refractivity contribution is -0.150. The number of nitrogens with zero attached hydrogens (tertiary/aromatic N) is 1. The maximum atomic E-state index is 13.1. The molecule has 1 aromatic carbocycles. The molecule has 8 heteroatoms. The van der Waals surface area contributed by atoms with E-state index in [1.807, 2.05) is 0 Å². The van der Waals surface area contributed by atoms with Gasteiger partial charge in [0.05, 0.1) is 11.5 Å². The van der Waals surface area contributed by atoms with E-state index < -0.39 is 22.1 Å². The van der Waals surface area contributed by atoms with E-state index in [9.17, 15) is 13.2 Å². The molecule has 3 aliphatic heterocycles. The maximum Gasteiger partial charge on any atom is 0.347 e. The summed E-state index contributed by atoms with van der Waals surface area (Å²) in [5.74, 6) is 0.140. The van der Waals surface area contributed by atoms with Crippen molar-refractivity contribution < 1.29 is 22.7 Å². The van der Waals surface area contributed by atoms with Crippen LogP contribution in [-0.2, 0) is 26.0 Å². The summed E-state index contributed by atoms with van der Waals surface area (Å²) in [6.07, 6.45) is 2.64. The molecule has 0 aromatic heterocycles. The molecule has 3 heterocycles. The van der Waals surface area contributed by atoms with Crippen LogP contribution in [0, 0.1) is 0 Å². The zero-order chi connectivity index (χ0) is 18.3. The molecule has 142 valence electrons. The Bertz CT molecular complexity index is 810. The van der Waals surface area contributed by atoms with Gasteiger partial charge in [0.1, 0.15) is 5.75 Å². The number of nitrogens with one attached hydrogen (secondary N) is 1. The van der Waals surface area contributed by atoms with Crippen LogP contribution < -0.4 is 10.1 Å². The van der Waals surface area contributed by atoms with E-state index in [1.54, 1.807) is 29.4 Å². The third kappa shape index (κ3) is 3.21. The molecule has 0 radical (unpaired) electrons. The van der Waals surface area contributed by atoms with Crippen molar-refractivity contribution in [1.29, 1.82) is 0 Å². The summed E-state index contributed by atoms with van der Waals surface area (Å²) in [6.45, 7) is 3.08. The van der Waals surface area contributed by atoms with E-state index >= 15 is 0 Å². The van der Waals surface area contributed by atoms with Crippen molar-refractivity contribution in [3.63, 3.8) is 0 Å². The number of rotatable bonds is 4. The van der Waals surface area contributed by atoms with Gasteiger partial charge >= 0.3 is 5.97 Å². The van der Waals surface area contributed by atoms with E-state index in [0.29, 0.717) is 37.9 Å². The Morgan fingerprint density at radius 2 is 2.12 bits per heavy atom. The smallest absolute Gasteiger partial charge is 0.347 e. The first-order valence-corrected chi connectivity index (χ1v) is 10.6. The first-order valence-electron chi connectivity index (χ1n) is 9.20. The Balaban J connectivity index is 1.54. The topological polar surface area (TPSA) is 84.9 Å². The van der Waals surface area contributed by atoms with Crippen LogP contribution in [0.3, 0.4) is 0 Å². The Kier molecular flexibility index (Phi) is 4.66. The molecule has 3 atom stereocenters. The fraction of sp³-hybridized carbons (Fsp3) is 0.611. The third-order valence-electron chi connectivity index (χ3n) is 5.38. The molecule has 3 aliphatic rings. The van der Waals surface area contributed by atoms with Gasteiger partial charge in [-0.05, 0) is 49.9 Å². The molecule has 1 aromatic rings. The van der Waals surface area contributed by atoms with Crippen LogP contribution in [0.5, 0.6) is 5.75 Å². The number of benzene rings is 1. The predicted molar refractivity (Wildman–Crippen MR) is 94.5 cm³/mol. The summed E-state index contributed by atoms with van der Waals surface area (Å²) in [6, 6.07) is 5.52. The molecule has 7 nitrogen and oxygen atoms in total. The Hall–Kier alpha value is -1.64. The van der Waals surface area contributed by atoms with Gasteiger partial charge in [-0.2, -0.15) is 4.31 Å². The Morgan fingerprint density at radius 1 is 1.31 bits per heavy atom. The zero-order valence-corrected chi connectivity index (χ0v) is 15.6. The molecule has 1 N–H and O–H groups in total. The number of carbonyl (C=O) groups is 1. The van der Waals surface area contributed by atoms with Crippen molar-refractivity contribution in [2.45, 2.75) is 55.7 Å². The van der Waals surface area contributed by atoms with Crippen molar-refractivity contribution >= 4 is 16.0 Å². The molecule has 4 rings (SSSR count). The highest BCUT2D eigenvalue weighted by atomic mass is 32.2. The van der Waals surface area contributed by atoms with Crippen LogP contribution in [0.2, 0.25) is 0 Å². The quantitative estimate of drug-likeness (QED) is 0.787. The highest BCUT2D eigenvalue weighted by molar-refractivity contribution is 7.89. The minimum Gasteiger partial charge on any atom is -0.478 e. The van der Waals surface area contributed by atoms with Crippen molar-refractivity contribution in [2.24, 2.45) is 0 Å². The van der Waals surface area contributed by atoms with E-state index in [2.05, 4.69) is 5.32 Å². The number of ether oxygens (including phenoxy) is 2. The van der Waals surface area contributed by atoms with Gasteiger partial charge in [-0.3, -0.25) is 0 Å². The van der Waals surface area contributed by atoms with Gasteiger partial charge in [0.15, 0.2) is 6.10 Å². The van der Waals surface area contributed by atoms with Gasteiger partial charge in [0, 0.05) is 31.6 Å². The first-order chi connectivity index (χ1) is 12.5. The fourth-order valence-electron chi connectivity index (χ4n) is 4.03. The van der Waals surface area contributed by atoms with Crippen LogP contribution in [0.1, 0.15) is 31.7 Å². The number of esters is 1. The van der Waals surface area contributed by atoms with Gasteiger partial charge in [-0.1, -0.05) is 0 Å². The van der Waals surface area contributed by atoms with Crippen LogP contribution in [0.25, 0.3) is 0 Å². The van der Waals surface area contributed by atoms with E-state index in [1.165, 1.54) is 0 Å². The van der Waals surface area contributed by atoms with E-state index in [4.69, 9.17) is 9.47 Å². The van der Waals surface area contributed by atoms with Crippen LogP contribution in [0.4, 0.5) is 0 Å². The molecule has 2 saturated heterocycles. The summed E-state index contributed by atoms with van der Waals surface area (Å²) >= 11 is 0. The molecule has 2 bridgehead atoms. The first kappa shape index (κ1) is 17.8. The van der Waals surface area contributed by atoms with Crippen LogP contribution in [0.15, 0.2) is 23.1 Å². The summed E-state index contributed by atoms with van der Waals surface area (Å²) in [5, 5.41) is 3.50. The molecule has 2 fully saturated rings. The number of carbonyl (C=O) groups excluding carboxylic acids is 1. The number of hydrogen-bond acceptors (Lipinski definition) is 6. The summed E-state index contributed by atoms with van der Waals surface area (Å²) in [4.78, 5) is 12.1. The molecule has 0 amide bonds. The monoisotopic (exact) mass is 380 g/mol. The van der Waals surface area contributed by atoms with E-state index in [-0.39, 0.29) is 10.9 Å². The second-order valence-electron chi connectivity index (χ2n) is 7.12. The molecule has 0 saturated carbocycles. The second-order valence-corrected chi connectivity index (χ2v) is 9.06.